The van der Waals surface area contributed by atoms with E-state index in [1.54, 1.807) is 32.9 Å². The molecule has 0 spiro atoms. The number of rotatable bonds is 4. The van der Waals surface area contributed by atoms with Crippen LogP contribution in [0.5, 0.6) is 11.5 Å². The Bertz CT molecular complexity index is 1520. The number of ether oxygens (including phenoxy) is 2. The highest BCUT2D eigenvalue weighted by atomic mass is 31.1. The van der Waals surface area contributed by atoms with Crippen molar-refractivity contribution in [3.8, 4) is 22.6 Å². The molecule has 0 aliphatic carbocycles. The van der Waals surface area contributed by atoms with E-state index < -0.39 is 20.0 Å². The highest BCUT2D eigenvalue weighted by molar-refractivity contribution is 7.32. The predicted octanol–water partition coefficient (Wildman–Crippen LogP) is 9.11. The second-order valence-corrected chi connectivity index (χ2v) is 10.0. The van der Waals surface area contributed by atoms with Gasteiger partial charge in [-0.3, -0.25) is 0 Å². The van der Waals surface area contributed by atoms with Gasteiger partial charge in [0.15, 0.2) is 0 Å². The lowest BCUT2D eigenvalue weighted by molar-refractivity contribution is 0.0207. The molecular weight excluding hydrogens is 475 g/mol. The van der Waals surface area contributed by atoms with Gasteiger partial charge < -0.3 is 22.4 Å². The van der Waals surface area contributed by atoms with Crippen molar-refractivity contribution in [2.24, 2.45) is 0 Å². The van der Waals surface area contributed by atoms with Crippen LogP contribution in [0.3, 0.4) is 0 Å². The molecule has 6 nitrogen and oxygen atoms in total. The van der Waals surface area contributed by atoms with Crippen molar-refractivity contribution < 1.29 is 27.2 Å². The van der Waals surface area contributed by atoms with Gasteiger partial charge in [0.25, 0.3) is 0 Å². The van der Waals surface area contributed by atoms with E-state index in [1.165, 1.54) is 0 Å². The number of hydrogen-bond acceptors (Lipinski definition) is 6. The van der Waals surface area contributed by atoms with Gasteiger partial charge in [0.2, 0.25) is 0 Å². The molecule has 5 rings (SSSR count). The van der Waals surface area contributed by atoms with Crippen LogP contribution in [0.15, 0.2) is 105 Å². The molecule has 36 heavy (non-hydrogen) atoms. The van der Waals surface area contributed by atoms with Crippen LogP contribution in [-0.4, -0.2) is 11.8 Å². The van der Waals surface area contributed by atoms with E-state index in [0.29, 0.717) is 28.2 Å². The van der Waals surface area contributed by atoms with Gasteiger partial charge in [0, 0.05) is 21.9 Å². The van der Waals surface area contributed by atoms with E-state index in [9.17, 15) is 4.79 Å². The molecule has 0 radical (unpaired) electrons. The lowest BCUT2D eigenvalue weighted by Gasteiger charge is -2.19. The van der Waals surface area contributed by atoms with Crippen LogP contribution in [0, 0.1) is 0 Å². The zero-order valence-electron chi connectivity index (χ0n) is 20.1. The van der Waals surface area contributed by atoms with Crippen LogP contribution in [0.4, 0.5) is 4.79 Å². The molecule has 0 aliphatic heterocycles. The molecule has 0 unspecified atom stereocenters. The maximum atomic E-state index is 12.4. The van der Waals surface area contributed by atoms with Gasteiger partial charge in [-0.2, -0.15) is 0 Å². The minimum atomic E-state index is -1.83. The van der Waals surface area contributed by atoms with E-state index in [2.05, 4.69) is 0 Å². The van der Waals surface area contributed by atoms with E-state index in [4.69, 9.17) is 22.4 Å². The molecule has 0 N–H and O–H groups in total. The minimum Gasteiger partial charge on any atom is -0.428 e. The zero-order valence-corrected chi connectivity index (χ0v) is 21.0. The summed E-state index contributed by atoms with van der Waals surface area (Å²) in [6.45, 7) is 5.36. The van der Waals surface area contributed by atoms with Crippen LogP contribution in [0.1, 0.15) is 20.8 Å². The summed E-state index contributed by atoms with van der Waals surface area (Å²) in [7, 11) is -1.83. The SMILES string of the molecule is CC(C)(C)OC(=O)Oc1ccccc1-c1ccccc1Op1oc2ccccc2c2ccccc2o1. The fraction of sp³-hybridized carbons (Fsp3) is 0.138. The molecule has 7 heteroatoms. The van der Waals surface area contributed by atoms with Gasteiger partial charge in [0.1, 0.15) is 28.3 Å². The molecule has 0 amide bonds. The van der Waals surface area contributed by atoms with E-state index in [-0.39, 0.29) is 0 Å². The highest BCUT2D eigenvalue weighted by Gasteiger charge is 2.21. The molecule has 0 fully saturated rings. The Labute approximate surface area is 209 Å². The molecule has 1 aromatic heterocycles. The summed E-state index contributed by atoms with van der Waals surface area (Å²) in [4.78, 5) is 12.4. The van der Waals surface area contributed by atoms with Gasteiger partial charge >= 0.3 is 14.4 Å². The third-order valence-electron chi connectivity index (χ3n) is 5.23. The summed E-state index contributed by atoms with van der Waals surface area (Å²) in [5.41, 5.74) is 2.08. The first-order valence-corrected chi connectivity index (χ1v) is 12.6. The largest absolute Gasteiger partial charge is 0.514 e. The van der Waals surface area contributed by atoms with Gasteiger partial charge in [0.05, 0.1) is 0 Å². The maximum Gasteiger partial charge on any atom is 0.514 e. The van der Waals surface area contributed by atoms with Crippen LogP contribution >= 0.6 is 8.24 Å². The molecule has 182 valence electrons. The Balaban J connectivity index is 1.57. The molecule has 1 heterocycles. The standard InChI is InChI=1S/C29H25O6P/c1-29(2,3)32-28(30)31-24-16-8-4-12-20(24)21-13-5-9-17-25(21)33-36-34-26-18-10-6-14-22(26)23-15-7-11-19-27(23)35-36/h4-19H,1-3H3. The molecule has 0 atom stereocenters. The summed E-state index contributed by atoms with van der Waals surface area (Å²) in [5.74, 6) is 0.884. The summed E-state index contributed by atoms with van der Waals surface area (Å²) in [6.07, 6.45) is -0.777. The molecule has 5 aromatic rings. The number of hydrogen-bond donors (Lipinski definition) is 0. The monoisotopic (exact) mass is 500 g/mol. The Kier molecular flexibility index (Phi) is 6.45. The Morgan fingerprint density at radius 1 is 0.667 bits per heavy atom. The average molecular weight is 500 g/mol. The topological polar surface area (TPSA) is 71.0 Å². The third-order valence-corrected chi connectivity index (χ3v) is 6.27. The number of benzene rings is 4. The Morgan fingerprint density at radius 2 is 1.14 bits per heavy atom. The number of fused-ring (bicyclic) bond motifs is 3. The first-order chi connectivity index (χ1) is 17.4. The molecule has 0 saturated carbocycles. The second kappa shape index (κ2) is 9.84. The Morgan fingerprint density at radius 3 is 1.72 bits per heavy atom. The number of para-hydroxylation sites is 4. The van der Waals surface area contributed by atoms with Gasteiger partial charge in [-0.15, -0.1) is 0 Å². The van der Waals surface area contributed by atoms with Crippen molar-refractivity contribution in [2.45, 2.75) is 26.4 Å². The summed E-state index contributed by atoms with van der Waals surface area (Å²) >= 11 is 0. The molecule has 4 aromatic carbocycles. The highest BCUT2D eigenvalue weighted by Crippen LogP contribution is 2.42. The Hall–Kier alpha value is -4.15. The second-order valence-electron chi connectivity index (χ2n) is 9.05. The third kappa shape index (κ3) is 5.24. The maximum absolute atomic E-state index is 12.4. The summed E-state index contributed by atoms with van der Waals surface area (Å²) < 4.78 is 29.6. The smallest absolute Gasteiger partial charge is 0.428 e. The van der Waals surface area contributed by atoms with Crippen molar-refractivity contribution in [3.63, 3.8) is 0 Å². The molecule has 0 saturated heterocycles. The van der Waals surface area contributed by atoms with Crippen molar-refractivity contribution in [3.05, 3.63) is 97.1 Å². The quantitative estimate of drug-likeness (QED) is 0.181. The lowest BCUT2D eigenvalue weighted by atomic mass is 10.0. The molecule has 0 aliphatic rings. The van der Waals surface area contributed by atoms with Crippen molar-refractivity contribution >= 4 is 36.3 Å². The average Bonchev–Trinajstić information content (AvgIpc) is 3.00. The zero-order chi connectivity index (χ0) is 25.1. The van der Waals surface area contributed by atoms with Crippen LogP contribution in [-0.2, 0) is 4.74 Å². The summed E-state index contributed by atoms with van der Waals surface area (Å²) in [5, 5.41) is 1.87. The predicted molar refractivity (Wildman–Crippen MR) is 141 cm³/mol. The van der Waals surface area contributed by atoms with E-state index in [1.807, 2.05) is 84.9 Å². The molecular formula is C29H25O6P. The van der Waals surface area contributed by atoms with Crippen molar-refractivity contribution in [1.29, 1.82) is 0 Å². The van der Waals surface area contributed by atoms with Crippen molar-refractivity contribution in [2.75, 3.05) is 0 Å². The fourth-order valence-electron chi connectivity index (χ4n) is 3.74. The summed E-state index contributed by atoms with van der Waals surface area (Å²) in [6, 6.07) is 30.2. The van der Waals surface area contributed by atoms with Crippen LogP contribution in [0.2, 0.25) is 0 Å². The number of carbonyl (C=O) groups excluding carboxylic acids is 1. The lowest BCUT2D eigenvalue weighted by Crippen LogP contribution is -2.26. The van der Waals surface area contributed by atoms with E-state index >= 15 is 0 Å². The van der Waals surface area contributed by atoms with E-state index in [0.717, 1.165) is 16.3 Å². The first kappa shape index (κ1) is 23.6. The first-order valence-electron chi connectivity index (χ1n) is 11.5. The normalized spacial score (nSPS) is 11.3. The van der Waals surface area contributed by atoms with Crippen molar-refractivity contribution in [1.82, 2.24) is 0 Å². The minimum absolute atomic E-state index is 0.356. The van der Waals surface area contributed by atoms with Gasteiger partial charge in [-0.25, -0.2) is 4.79 Å². The van der Waals surface area contributed by atoms with Gasteiger partial charge in [-0.05, 0) is 45.0 Å². The van der Waals surface area contributed by atoms with Gasteiger partial charge in [-0.1, -0.05) is 72.8 Å². The number of carbonyl (C=O) groups is 1. The van der Waals surface area contributed by atoms with Crippen LogP contribution in [0.25, 0.3) is 33.1 Å². The fourth-order valence-corrected chi connectivity index (χ4v) is 4.81. The molecule has 0 bridgehead atoms. The van der Waals surface area contributed by atoms with Crippen LogP contribution < -0.4 is 9.26 Å².